The molecule has 156 valence electrons. The Morgan fingerprint density at radius 1 is 0.462 bits per heavy atom. The van der Waals surface area contributed by atoms with Crippen molar-refractivity contribution in [3.63, 3.8) is 0 Å². The normalized spacial score (nSPS) is 23.8. The molecule has 0 radical (unpaired) electrons. The smallest absolute Gasteiger partial charge is 0.0702 e. The van der Waals surface area contributed by atoms with Gasteiger partial charge in [0.25, 0.3) is 0 Å². The van der Waals surface area contributed by atoms with E-state index in [4.69, 9.17) is 0 Å². The fourth-order valence-electron chi connectivity index (χ4n) is 5.51. The Balaban J connectivity index is 2.89. The Kier molecular flexibility index (Phi) is 11.4. The Hall–Kier alpha value is -0.0800. The fourth-order valence-corrected chi connectivity index (χ4v) is 5.51. The standard InChI is InChI=1S/C24H48O2/c1-5-9-13-17-23(18-14-10-6-2)21(25)24(22(23)26,19-15-11-7-3)20-16-12-8-4/h21-22,25-26H,5-20H2,1-4H3. The lowest BCUT2D eigenvalue weighted by molar-refractivity contribution is -0.290. The third-order valence-electron chi connectivity index (χ3n) is 7.16. The third-order valence-corrected chi connectivity index (χ3v) is 7.16. The highest BCUT2D eigenvalue weighted by molar-refractivity contribution is 5.17. The van der Waals surface area contributed by atoms with E-state index in [-0.39, 0.29) is 23.0 Å². The molecule has 0 bridgehead atoms. The highest BCUT2D eigenvalue weighted by Crippen LogP contribution is 2.63. The summed E-state index contributed by atoms with van der Waals surface area (Å²) < 4.78 is 0. The van der Waals surface area contributed by atoms with Crippen LogP contribution in [0.25, 0.3) is 0 Å². The molecule has 1 aliphatic carbocycles. The molecular formula is C24H48O2. The van der Waals surface area contributed by atoms with E-state index in [1.807, 2.05) is 0 Å². The number of hydrogen-bond acceptors (Lipinski definition) is 2. The van der Waals surface area contributed by atoms with Crippen molar-refractivity contribution in [2.45, 2.75) is 143 Å². The summed E-state index contributed by atoms with van der Waals surface area (Å²) in [4.78, 5) is 0. The first kappa shape index (κ1) is 24.0. The summed E-state index contributed by atoms with van der Waals surface area (Å²) in [6.45, 7) is 8.93. The molecule has 1 fully saturated rings. The monoisotopic (exact) mass is 368 g/mol. The van der Waals surface area contributed by atoms with Crippen molar-refractivity contribution in [3.8, 4) is 0 Å². The molecule has 26 heavy (non-hydrogen) atoms. The summed E-state index contributed by atoms with van der Waals surface area (Å²) in [5.41, 5.74) is -0.439. The fraction of sp³-hybridized carbons (Fsp3) is 1.00. The molecule has 0 amide bonds. The first-order chi connectivity index (χ1) is 12.6. The van der Waals surface area contributed by atoms with Crippen LogP contribution in [0.4, 0.5) is 0 Å². The van der Waals surface area contributed by atoms with Crippen molar-refractivity contribution >= 4 is 0 Å². The molecule has 1 saturated carbocycles. The zero-order valence-electron chi connectivity index (χ0n) is 18.4. The predicted molar refractivity (Wildman–Crippen MR) is 113 cm³/mol. The molecule has 0 heterocycles. The summed E-state index contributed by atoms with van der Waals surface area (Å²) in [6.07, 6.45) is 17.7. The van der Waals surface area contributed by atoms with Crippen molar-refractivity contribution in [1.82, 2.24) is 0 Å². The SMILES string of the molecule is CCCCCC1(CCCCC)C(O)C(CCCCC)(CCCCC)C1O. The van der Waals surface area contributed by atoms with Gasteiger partial charge in [0.2, 0.25) is 0 Å². The molecule has 1 rings (SSSR count). The molecule has 2 N–H and O–H groups in total. The van der Waals surface area contributed by atoms with Crippen LogP contribution < -0.4 is 0 Å². The molecule has 0 aromatic rings. The van der Waals surface area contributed by atoms with Gasteiger partial charge in [0, 0.05) is 10.8 Å². The van der Waals surface area contributed by atoms with Gasteiger partial charge in [0.1, 0.15) is 0 Å². The van der Waals surface area contributed by atoms with Crippen molar-refractivity contribution < 1.29 is 10.2 Å². The zero-order valence-corrected chi connectivity index (χ0v) is 18.4. The van der Waals surface area contributed by atoms with Gasteiger partial charge < -0.3 is 10.2 Å². The van der Waals surface area contributed by atoms with Crippen LogP contribution in [0.1, 0.15) is 130 Å². The van der Waals surface area contributed by atoms with Crippen LogP contribution in [0.2, 0.25) is 0 Å². The van der Waals surface area contributed by atoms with Gasteiger partial charge in [-0.1, -0.05) is 105 Å². The molecule has 1 aliphatic rings. The van der Waals surface area contributed by atoms with E-state index in [0.29, 0.717) is 0 Å². The molecule has 0 atom stereocenters. The first-order valence-corrected chi connectivity index (χ1v) is 11.9. The van der Waals surface area contributed by atoms with Gasteiger partial charge in [-0.3, -0.25) is 0 Å². The minimum Gasteiger partial charge on any atom is -0.392 e. The Morgan fingerprint density at radius 3 is 0.885 bits per heavy atom. The lowest BCUT2D eigenvalue weighted by Crippen LogP contribution is -2.72. The van der Waals surface area contributed by atoms with E-state index in [1.165, 1.54) is 51.4 Å². The highest BCUT2D eigenvalue weighted by atomic mass is 16.3. The largest absolute Gasteiger partial charge is 0.392 e. The Bertz CT molecular complexity index is 286. The maximum atomic E-state index is 11.5. The summed E-state index contributed by atoms with van der Waals surface area (Å²) in [5.74, 6) is 0. The average Bonchev–Trinajstić information content (AvgIpc) is 2.65. The van der Waals surface area contributed by atoms with Gasteiger partial charge in [0.15, 0.2) is 0 Å². The summed E-state index contributed by atoms with van der Waals surface area (Å²) in [6, 6.07) is 0. The van der Waals surface area contributed by atoms with Crippen molar-refractivity contribution in [2.75, 3.05) is 0 Å². The van der Waals surface area contributed by atoms with Crippen LogP contribution in [0.15, 0.2) is 0 Å². The van der Waals surface area contributed by atoms with Crippen LogP contribution in [0.3, 0.4) is 0 Å². The summed E-state index contributed by atoms with van der Waals surface area (Å²) >= 11 is 0. The minimum atomic E-state index is -0.299. The summed E-state index contributed by atoms with van der Waals surface area (Å²) in [7, 11) is 0. The first-order valence-electron chi connectivity index (χ1n) is 11.9. The maximum Gasteiger partial charge on any atom is 0.0702 e. The number of aliphatic hydroxyl groups is 2. The van der Waals surface area contributed by atoms with E-state index in [0.717, 1.165) is 51.4 Å². The second-order valence-corrected chi connectivity index (χ2v) is 9.10. The molecule has 0 aromatic heterocycles. The highest BCUT2D eigenvalue weighted by Gasteiger charge is 2.67. The zero-order chi connectivity index (χ0) is 19.5. The second-order valence-electron chi connectivity index (χ2n) is 9.10. The van der Waals surface area contributed by atoms with E-state index >= 15 is 0 Å². The topological polar surface area (TPSA) is 40.5 Å². The molecule has 0 unspecified atom stereocenters. The van der Waals surface area contributed by atoms with E-state index in [9.17, 15) is 10.2 Å². The summed E-state index contributed by atoms with van der Waals surface area (Å²) in [5, 5.41) is 23.0. The van der Waals surface area contributed by atoms with Crippen LogP contribution in [0.5, 0.6) is 0 Å². The van der Waals surface area contributed by atoms with Crippen molar-refractivity contribution in [1.29, 1.82) is 0 Å². The minimum absolute atomic E-state index is 0.219. The molecule has 0 saturated heterocycles. The maximum absolute atomic E-state index is 11.5. The number of hydrogen-bond donors (Lipinski definition) is 2. The van der Waals surface area contributed by atoms with Gasteiger partial charge in [-0.15, -0.1) is 0 Å². The van der Waals surface area contributed by atoms with Gasteiger partial charge >= 0.3 is 0 Å². The predicted octanol–water partition coefficient (Wildman–Crippen LogP) is 7.02. The Morgan fingerprint density at radius 2 is 0.692 bits per heavy atom. The average molecular weight is 369 g/mol. The van der Waals surface area contributed by atoms with E-state index in [2.05, 4.69) is 27.7 Å². The molecule has 2 nitrogen and oxygen atoms in total. The van der Waals surface area contributed by atoms with Crippen LogP contribution in [-0.4, -0.2) is 22.4 Å². The third kappa shape index (κ3) is 5.47. The molecule has 0 spiro atoms. The lowest BCUT2D eigenvalue weighted by atomic mass is 9.43. The van der Waals surface area contributed by atoms with Crippen LogP contribution in [-0.2, 0) is 0 Å². The van der Waals surface area contributed by atoms with E-state index < -0.39 is 0 Å². The lowest BCUT2D eigenvalue weighted by Gasteiger charge is -2.66. The number of aliphatic hydroxyl groups excluding tert-OH is 2. The van der Waals surface area contributed by atoms with Crippen LogP contribution in [0, 0.1) is 10.8 Å². The van der Waals surface area contributed by atoms with Gasteiger partial charge in [0.05, 0.1) is 12.2 Å². The number of rotatable bonds is 16. The Labute approximate surface area is 164 Å². The van der Waals surface area contributed by atoms with Crippen molar-refractivity contribution in [3.05, 3.63) is 0 Å². The molecule has 2 heteroatoms. The van der Waals surface area contributed by atoms with Crippen LogP contribution >= 0.6 is 0 Å². The molecule has 0 aliphatic heterocycles. The molecule has 0 aromatic carbocycles. The quantitative estimate of drug-likeness (QED) is 0.287. The van der Waals surface area contributed by atoms with Gasteiger partial charge in [-0.25, -0.2) is 0 Å². The van der Waals surface area contributed by atoms with Gasteiger partial charge in [-0.05, 0) is 25.7 Å². The second kappa shape index (κ2) is 12.4. The van der Waals surface area contributed by atoms with Gasteiger partial charge in [-0.2, -0.15) is 0 Å². The van der Waals surface area contributed by atoms with Crippen molar-refractivity contribution in [2.24, 2.45) is 10.8 Å². The molecular weight excluding hydrogens is 320 g/mol. The van der Waals surface area contributed by atoms with E-state index in [1.54, 1.807) is 0 Å². The number of unbranched alkanes of at least 4 members (excludes halogenated alkanes) is 8.